The minimum atomic E-state index is -0.153. The fourth-order valence-corrected chi connectivity index (χ4v) is 4.58. The number of hydrogen-bond donors (Lipinski definition) is 1. The lowest BCUT2D eigenvalue weighted by Crippen LogP contribution is -2.34. The molecule has 5 heteroatoms. The Labute approximate surface area is 188 Å². The molecule has 1 fully saturated rings. The smallest absolute Gasteiger partial charge is 0.231 e. The maximum atomic E-state index is 12.9. The molecule has 0 aliphatic carbocycles. The van der Waals surface area contributed by atoms with E-state index in [9.17, 15) is 9.90 Å². The topological polar surface area (TPSA) is 62.7 Å². The van der Waals surface area contributed by atoms with Crippen LogP contribution in [0.25, 0.3) is 6.08 Å². The first-order valence-corrected chi connectivity index (χ1v) is 11.1. The van der Waals surface area contributed by atoms with Crippen molar-refractivity contribution in [2.75, 3.05) is 13.1 Å². The number of pyridine rings is 1. The summed E-state index contributed by atoms with van der Waals surface area (Å²) in [6.07, 6.45) is 8.44. The van der Waals surface area contributed by atoms with Crippen LogP contribution in [0.4, 0.5) is 0 Å². The van der Waals surface area contributed by atoms with Gasteiger partial charge in [-0.3, -0.25) is 14.7 Å². The van der Waals surface area contributed by atoms with Crippen LogP contribution in [0.3, 0.4) is 0 Å². The van der Waals surface area contributed by atoms with Crippen LogP contribution >= 0.6 is 0 Å². The number of fused-ring (bicyclic) bond motifs is 1. The van der Waals surface area contributed by atoms with Crippen molar-refractivity contribution < 1.29 is 14.6 Å². The third-order valence-electron chi connectivity index (χ3n) is 6.38. The van der Waals surface area contributed by atoms with Crippen LogP contribution in [0, 0.1) is 5.92 Å². The molecule has 2 aromatic carbocycles. The van der Waals surface area contributed by atoms with E-state index in [-0.39, 0.29) is 17.3 Å². The Kier molecular flexibility index (Phi) is 5.73. The summed E-state index contributed by atoms with van der Waals surface area (Å²) < 4.78 is 5.98. The van der Waals surface area contributed by atoms with E-state index < -0.39 is 0 Å². The second-order valence-electron chi connectivity index (χ2n) is 8.57. The van der Waals surface area contributed by atoms with Gasteiger partial charge in [-0.25, -0.2) is 0 Å². The van der Waals surface area contributed by atoms with Gasteiger partial charge in [0.05, 0.1) is 11.1 Å². The molecule has 2 aliphatic rings. The SMILES string of the molecule is O=C1C(=Cc2ccncc2)Oc2c1ccc(O)c2CN1CCC(Cc2ccccc2)CC1. The summed E-state index contributed by atoms with van der Waals surface area (Å²) in [5, 5.41) is 10.6. The Morgan fingerprint density at radius 2 is 1.78 bits per heavy atom. The number of carbonyl (C=O) groups is 1. The molecule has 2 aliphatic heterocycles. The second kappa shape index (κ2) is 8.97. The van der Waals surface area contributed by atoms with E-state index in [4.69, 9.17) is 4.74 Å². The van der Waals surface area contributed by atoms with Crippen LogP contribution in [-0.4, -0.2) is 33.9 Å². The lowest BCUT2D eigenvalue weighted by Gasteiger charge is -2.32. The van der Waals surface area contributed by atoms with Crippen LogP contribution < -0.4 is 4.74 Å². The number of aromatic hydroxyl groups is 1. The first kappa shape index (κ1) is 20.5. The standard InChI is InChI=1S/C27H26N2O3/c30-24-7-6-22-26(31)25(17-20-8-12-28-13-9-20)32-27(22)23(24)18-29-14-10-21(11-15-29)16-19-4-2-1-3-5-19/h1-9,12-13,17,21,30H,10-11,14-16,18H2. The molecule has 0 spiro atoms. The van der Waals surface area contributed by atoms with Gasteiger partial charge in [0.15, 0.2) is 5.76 Å². The van der Waals surface area contributed by atoms with Crippen LogP contribution in [0.1, 0.15) is 39.9 Å². The Balaban J connectivity index is 1.28. The molecule has 32 heavy (non-hydrogen) atoms. The average Bonchev–Trinajstić information content (AvgIpc) is 3.13. The molecular weight excluding hydrogens is 400 g/mol. The number of benzene rings is 2. The van der Waals surface area contributed by atoms with E-state index in [1.807, 2.05) is 12.1 Å². The molecule has 0 saturated carbocycles. The molecule has 0 amide bonds. The number of likely N-dealkylation sites (tertiary alicyclic amines) is 1. The number of ether oxygens (including phenoxy) is 1. The Hall–Kier alpha value is -3.44. The van der Waals surface area contributed by atoms with Gasteiger partial charge in [-0.1, -0.05) is 30.3 Å². The fourth-order valence-electron chi connectivity index (χ4n) is 4.58. The van der Waals surface area contributed by atoms with E-state index in [0.717, 1.165) is 37.9 Å². The average molecular weight is 427 g/mol. The number of phenolic OH excluding ortho intramolecular Hbond substituents is 1. The number of phenols is 1. The highest BCUT2D eigenvalue weighted by Crippen LogP contribution is 2.40. The third-order valence-corrected chi connectivity index (χ3v) is 6.38. The molecule has 5 rings (SSSR count). The van der Waals surface area contributed by atoms with Crippen molar-refractivity contribution in [2.45, 2.75) is 25.8 Å². The van der Waals surface area contributed by atoms with Gasteiger partial charge in [-0.15, -0.1) is 0 Å². The minimum absolute atomic E-state index is 0.153. The van der Waals surface area contributed by atoms with Gasteiger partial charge in [-0.05, 0) is 79.7 Å². The molecule has 3 heterocycles. The zero-order chi connectivity index (χ0) is 21.9. The highest BCUT2D eigenvalue weighted by Gasteiger charge is 2.32. The molecule has 1 N–H and O–H groups in total. The summed E-state index contributed by atoms with van der Waals surface area (Å²) in [4.78, 5) is 19.2. The van der Waals surface area contributed by atoms with Gasteiger partial charge in [-0.2, -0.15) is 0 Å². The third kappa shape index (κ3) is 4.30. The number of aromatic nitrogens is 1. The summed E-state index contributed by atoms with van der Waals surface area (Å²) in [5.41, 5.74) is 3.44. The van der Waals surface area contributed by atoms with Crippen molar-refractivity contribution in [3.63, 3.8) is 0 Å². The number of piperidine rings is 1. The van der Waals surface area contributed by atoms with Crippen molar-refractivity contribution in [3.8, 4) is 11.5 Å². The predicted molar refractivity (Wildman–Crippen MR) is 123 cm³/mol. The predicted octanol–water partition coefficient (Wildman–Crippen LogP) is 4.86. The van der Waals surface area contributed by atoms with Crippen molar-refractivity contribution in [2.24, 2.45) is 5.92 Å². The van der Waals surface area contributed by atoms with E-state index in [1.54, 1.807) is 30.6 Å². The quantitative estimate of drug-likeness (QED) is 0.591. The number of ketones is 1. The minimum Gasteiger partial charge on any atom is -0.507 e. The van der Waals surface area contributed by atoms with Crippen molar-refractivity contribution in [1.29, 1.82) is 0 Å². The number of carbonyl (C=O) groups excluding carboxylic acids is 1. The van der Waals surface area contributed by atoms with Crippen molar-refractivity contribution in [3.05, 3.63) is 95.0 Å². The molecular formula is C27H26N2O3. The van der Waals surface area contributed by atoms with Crippen LogP contribution in [0.15, 0.2) is 72.8 Å². The summed E-state index contributed by atoms with van der Waals surface area (Å²) in [7, 11) is 0. The van der Waals surface area contributed by atoms with E-state index in [2.05, 4.69) is 40.2 Å². The Bertz CT molecular complexity index is 1130. The zero-order valence-corrected chi connectivity index (χ0v) is 17.9. The molecule has 0 radical (unpaired) electrons. The van der Waals surface area contributed by atoms with Gasteiger partial charge >= 0.3 is 0 Å². The highest BCUT2D eigenvalue weighted by atomic mass is 16.5. The molecule has 0 atom stereocenters. The molecule has 0 bridgehead atoms. The maximum Gasteiger partial charge on any atom is 0.231 e. The van der Waals surface area contributed by atoms with Crippen LogP contribution in [-0.2, 0) is 13.0 Å². The monoisotopic (exact) mass is 426 g/mol. The van der Waals surface area contributed by atoms with Gasteiger partial charge in [0.1, 0.15) is 11.5 Å². The number of rotatable bonds is 5. The van der Waals surface area contributed by atoms with Crippen LogP contribution in [0.5, 0.6) is 11.5 Å². The first-order valence-electron chi connectivity index (χ1n) is 11.1. The van der Waals surface area contributed by atoms with Gasteiger partial charge < -0.3 is 9.84 Å². The van der Waals surface area contributed by atoms with E-state index >= 15 is 0 Å². The van der Waals surface area contributed by atoms with Crippen LogP contribution in [0.2, 0.25) is 0 Å². The van der Waals surface area contributed by atoms with Gasteiger partial charge in [0.25, 0.3) is 0 Å². The number of nitrogens with zero attached hydrogens (tertiary/aromatic N) is 2. The molecule has 5 nitrogen and oxygen atoms in total. The zero-order valence-electron chi connectivity index (χ0n) is 17.9. The first-order chi connectivity index (χ1) is 15.7. The van der Waals surface area contributed by atoms with E-state index in [1.165, 1.54) is 5.56 Å². The summed E-state index contributed by atoms with van der Waals surface area (Å²) in [5.74, 6) is 1.46. The fraction of sp³-hybridized carbons (Fsp3) is 0.259. The number of Topliss-reactive ketones (excluding diaryl/α,β-unsaturated/α-hetero) is 1. The van der Waals surface area contributed by atoms with Crippen molar-refractivity contribution >= 4 is 11.9 Å². The Morgan fingerprint density at radius 1 is 1.03 bits per heavy atom. The molecule has 1 saturated heterocycles. The summed E-state index contributed by atoms with van der Waals surface area (Å²) in [6.45, 7) is 2.51. The van der Waals surface area contributed by atoms with Gasteiger partial charge in [0.2, 0.25) is 5.78 Å². The molecule has 162 valence electrons. The second-order valence-corrected chi connectivity index (χ2v) is 8.57. The van der Waals surface area contributed by atoms with E-state index in [0.29, 0.717) is 29.3 Å². The van der Waals surface area contributed by atoms with Gasteiger partial charge in [0, 0.05) is 18.9 Å². The number of hydrogen-bond acceptors (Lipinski definition) is 5. The number of allylic oxidation sites excluding steroid dienone is 1. The molecule has 1 aromatic heterocycles. The summed E-state index contributed by atoms with van der Waals surface area (Å²) in [6, 6.07) is 17.6. The normalized spacial score (nSPS) is 18.0. The lowest BCUT2D eigenvalue weighted by atomic mass is 9.90. The van der Waals surface area contributed by atoms with Crippen molar-refractivity contribution in [1.82, 2.24) is 9.88 Å². The molecule has 0 unspecified atom stereocenters. The summed E-state index contributed by atoms with van der Waals surface area (Å²) >= 11 is 0. The largest absolute Gasteiger partial charge is 0.507 e. The molecule has 3 aromatic rings. The Morgan fingerprint density at radius 3 is 2.53 bits per heavy atom. The lowest BCUT2D eigenvalue weighted by molar-refractivity contribution is 0.101. The maximum absolute atomic E-state index is 12.9. The highest BCUT2D eigenvalue weighted by molar-refractivity contribution is 6.14.